The van der Waals surface area contributed by atoms with E-state index in [2.05, 4.69) is 5.32 Å². The Bertz CT molecular complexity index is 1290. The number of benzene rings is 3. The van der Waals surface area contributed by atoms with Crippen LogP contribution in [-0.4, -0.2) is 25.0 Å². The summed E-state index contributed by atoms with van der Waals surface area (Å²) in [6, 6.07) is 19.2. The molecule has 0 atom stereocenters. The molecule has 3 aromatic rings. The number of hydrogen-bond donors (Lipinski definition) is 1. The molecule has 1 saturated heterocycles. The van der Waals surface area contributed by atoms with Crippen molar-refractivity contribution in [2.45, 2.75) is 20.5 Å². The number of nitrogens with zero attached hydrogens (tertiary/aromatic N) is 1. The third-order valence-corrected chi connectivity index (χ3v) is 5.37. The van der Waals surface area contributed by atoms with E-state index >= 15 is 0 Å². The maximum absolute atomic E-state index is 13.1. The highest BCUT2D eigenvalue weighted by Crippen LogP contribution is 2.30. The minimum atomic E-state index is -0.784. The van der Waals surface area contributed by atoms with Crippen LogP contribution in [0.25, 0.3) is 6.08 Å². The predicted molar refractivity (Wildman–Crippen MR) is 129 cm³/mol. The summed E-state index contributed by atoms with van der Waals surface area (Å²) in [4.78, 5) is 38.8. The molecule has 1 fully saturated rings. The first kappa shape index (κ1) is 22.8. The number of imide groups is 2. The number of aryl methyl sites for hydroxylation is 2. The highest BCUT2D eigenvalue weighted by molar-refractivity contribution is 6.39. The van der Waals surface area contributed by atoms with Gasteiger partial charge in [0.25, 0.3) is 11.8 Å². The Morgan fingerprint density at radius 2 is 1.65 bits per heavy atom. The molecule has 1 aliphatic heterocycles. The van der Waals surface area contributed by atoms with Crippen molar-refractivity contribution < 1.29 is 23.9 Å². The number of nitrogens with one attached hydrogen (secondary N) is 1. The van der Waals surface area contributed by atoms with E-state index in [0.29, 0.717) is 29.4 Å². The van der Waals surface area contributed by atoms with Gasteiger partial charge in [-0.15, -0.1) is 0 Å². The fraction of sp³-hybridized carbons (Fsp3) is 0.148. The van der Waals surface area contributed by atoms with Crippen LogP contribution < -0.4 is 19.7 Å². The van der Waals surface area contributed by atoms with Crippen LogP contribution in [0.15, 0.2) is 72.3 Å². The Kier molecular flexibility index (Phi) is 6.45. The Morgan fingerprint density at radius 3 is 2.35 bits per heavy atom. The van der Waals surface area contributed by atoms with E-state index in [1.165, 1.54) is 13.2 Å². The van der Waals surface area contributed by atoms with E-state index in [0.717, 1.165) is 21.6 Å². The van der Waals surface area contributed by atoms with Crippen molar-refractivity contribution >= 4 is 29.6 Å². The quantitative estimate of drug-likeness (QED) is 0.434. The zero-order valence-electron chi connectivity index (χ0n) is 19.1. The number of ether oxygens (including phenoxy) is 2. The van der Waals surface area contributed by atoms with Crippen LogP contribution in [0.3, 0.4) is 0 Å². The summed E-state index contributed by atoms with van der Waals surface area (Å²) in [5.74, 6) is -0.465. The zero-order valence-corrected chi connectivity index (χ0v) is 19.1. The van der Waals surface area contributed by atoms with Crippen LogP contribution in [0.5, 0.6) is 11.5 Å². The molecule has 0 radical (unpaired) electrons. The lowest BCUT2D eigenvalue weighted by molar-refractivity contribution is -0.122. The van der Waals surface area contributed by atoms with Gasteiger partial charge in [0.1, 0.15) is 12.2 Å². The fourth-order valence-electron chi connectivity index (χ4n) is 3.61. The van der Waals surface area contributed by atoms with Crippen LogP contribution in [0, 0.1) is 13.8 Å². The molecule has 7 nitrogen and oxygen atoms in total. The Balaban J connectivity index is 1.59. The van der Waals surface area contributed by atoms with Crippen molar-refractivity contribution in [3.05, 3.63) is 94.6 Å². The molecular weight excluding hydrogens is 432 g/mol. The van der Waals surface area contributed by atoms with Crippen molar-refractivity contribution in [2.75, 3.05) is 12.0 Å². The van der Waals surface area contributed by atoms with Crippen LogP contribution in [0.2, 0.25) is 0 Å². The average molecular weight is 456 g/mol. The van der Waals surface area contributed by atoms with Gasteiger partial charge < -0.3 is 9.47 Å². The molecule has 3 aromatic carbocycles. The molecule has 4 amide bonds. The number of amides is 4. The molecule has 0 bridgehead atoms. The van der Waals surface area contributed by atoms with Gasteiger partial charge >= 0.3 is 6.03 Å². The van der Waals surface area contributed by atoms with Gasteiger partial charge in [-0.05, 0) is 55.3 Å². The second-order valence-electron chi connectivity index (χ2n) is 7.98. The maximum atomic E-state index is 13.1. The maximum Gasteiger partial charge on any atom is 0.335 e. The summed E-state index contributed by atoms with van der Waals surface area (Å²) in [6.07, 6.45) is 1.43. The third-order valence-electron chi connectivity index (χ3n) is 5.37. The number of urea groups is 1. The monoisotopic (exact) mass is 456 g/mol. The summed E-state index contributed by atoms with van der Waals surface area (Å²) in [5, 5.41) is 2.23. The largest absolute Gasteiger partial charge is 0.493 e. The first-order chi connectivity index (χ1) is 16.4. The van der Waals surface area contributed by atoms with Crippen molar-refractivity contribution in [2.24, 2.45) is 0 Å². The minimum absolute atomic E-state index is 0.157. The lowest BCUT2D eigenvalue weighted by Gasteiger charge is -2.26. The molecule has 0 aliphatic carbocycles. The van der Waals surface area contributed by atoms with Crippen molar-refractivity contribution in [1.29, 1.82) is 0 Å². The second-order valence-corrected chi connectivity index (χ2v) is 7.98. The Labute approximate surface area is 197 Å². The summed E-state index contributed by atoms with van der Waals surface area (Å²) < 4.78 is 11.4. The Hall–Kier alpha value is -4.39. The van der Waals surface area contributed by atoms with E-state index in [9.17, 15) is 14.4 Å². The number of rotatable bonds is 6. The number of carbonyl (C=O) groups is 3. The lowest BCUT2D eigenvalue weighted by Crippen LogP contribution is -2.54. The van der Waals surface area contributed by atoms with E-state index in [1.807, 2.05) is 38.1 Å². The van der Waals surface area contributed by atoms with Gasteiger partial charge in [0, 0.05) is 0 Å². The first-order valence-electron chi connectivity index (χ1n) is 10.7. The molecule has 1 heterocycles. The SMILES string of the molecule is COc1cc(/C=C2\C(=O)NC(=O)N(c3ccc(C)cc3)C2=O)ccc1OCc1cccc(C)c1. The topological polar surface area (TPSA) is 84.9 Å². The van der Waals surface area contributed by atoms with E-state index in [1.54, 1.807) is 42.5 Å². The Morgan fingerprint density at radius 1 is 0.882 bits per heavy atom. The summed E-state index contributed by atoms with van der Waals surface area (Å²) >= 11 is 0. The van der Waals surface area contributed by atoms with Crippen molar-refractivity contribution in [1.82, 2.24) is 5.32 Å². The smallest absolute Gasteiger partial charge is 0.335 e. The fourth-order valence-corrected chi connectivity index (χ4v) is 3.61. The van der Waals surface area contributed by atoms with Gasteiger partial charge in [-0.3, -0.25) is 14.9 Å². The van der Waals surface area contributed by atoms with Gasteiger partial charge in [-0.1, -0.05) is 53.6 Å². The number of barbiturate groups is 1. The average Bonchev–Trinajstić information content (AvgIpc) is 2.82. The minimum Gasteiger partial charge on any atom is -0.493 e. The molecule has 0 spiro atoms. The molecule has 0 unspecified atom stereocenters. The predicted octanol–water partition coefficient (Wildman–Crippen LogP) is 4.56. The number of methoxy groups -OCH3 is 1. The summed E-state index contributed by atoms with van der Waals surface area (Å²) in [7, 11) is 1.52. The highest BCUT2D eigenvalue weighted by Gasteiger charge is 2.36. The van der Waals surface area contributed by atoms with Crippen molar-refractivity contribution in [3.8, 4) is 11.5 Å². The molecule has 7 heteroatoms. The number of anilines is 1. The van der Waals surface area contributed by atoms with E-state index in [-0.39, 0.29) is 5.57 Å². The van der Waals surface area contributed by atoms with Gasteiger partial charge in [0.15, 0.2) is 11.5 Å². The van der Waals surface area contributed by atoms with E-state index < -0.39 is 17.8 Å². The van der Waals surface area contributed by atoms with Gasteiger partial charge in [-0.2, -0.15) is 0 Å². The molecule has 34 heavy (non-hydrogen) atoms. The zero-order chi connectivity index (χ0) is 24.2. The van der Waals surface area contributed by atoms with Crippen LogP contribution in [0.4, 0.5) is 10.5 Å². The molecule has 0 aromatic heterocycles. The van der Waals surface area contributed by atoms with Crippen LogP contribution in [0.1, 0.15) is 22.3 Å². The van der Waals surface area contributed by atoms with Crippen LogP contribution in [-0.2, 0) is 16.2 Å². The number of hydrogen-bond acceptors (Lipinski definition) is 5. The number of carbonyl (C=O) groups excluding carboxylic acids is 3. The standard InChI is InChI=1S/C27H24N2O5/c1-17-7-10-21(11-8-17)29-26(31)22(25(30)28-27(29)32)14-19-9-12-23(24(15-19)33-3)34-16-20-6-4-5-18(2)13-20/h4-15H,16H2,1-3H3,(H,28,30,32)/b22-14+. The van der Waals surface area contributed by atoms with Crippen molar-refractivity contribution in [3.63, 3.8) is 0 Å². The molecule has 1 N–H and O–H groups in total. The van der Waals surface area contributed by atoms with Gasteiger partial charge in [0.2, 0.25) is 0 Å². The molecular formula is C27H24N2O5. The molecule has 1 aliphatic rings. The van der Waals surface area contributed by atoms with Gasteiger partial charge in [-0.25, -0.2) is 9.69 Å². The first-order valence-corrected chi connectivity index (χ1v) is 10.7. The highest BCUT2D eigenvalue weighted by atomic mass is 16.5. The lowest BCUT2D eigenvalue weighted by atomic mass is 10.1. The van der Waals surface area contributed by atoms with Gasteiger partial charge in [0.05, 0.1) is 12.8 Å². The second kappa shape index (κ2) is 9.62. The summed E-state index contributed by atoms with van der Waals surface area (Å²) in [5.41, 5.74) is 3.93. The molecule has 4 rings (SSSR count). The molecule has 172 valence electrons. The van der Waals surface area contributed by atoms with E-state index in [4.69, 9.17) is 9.47 Å². The normalized spacial score (nSPS) is 14.9. The molecule has 0 saturated carbocycles. The third kappa shape index (κ3) is 4.83. The van der Waals surface area contributed by atoms with Crippen LogP contribution >= 0.6 is 0 Å². The summed E-state index contributed by atoms with van der Waals surface area (Å²) in [6.45, 7) is 4.29.